The van der Waals surface area contributed by atoms with Crippen molar-refractivity contribution in [1.29, 1.82) is 0 Å². The predicted octanol–water partition coefficient (Wildman–Crippen LogP) is 0.348. The summed E-state index contributed by atoms with van der Waals surface area (Å²) in [6.07, 6.45) is 4.40. The number of allylic oxidation sites excluding steroid dienone is 1. The van der Waals surface area contributed by atoms with Crippen LogP contribution in [0.25, 0.3) is 0 Å². The number of nitrogens with two attached hydrogens (primary N) is 1. The molecule has 3 heteroatoms. The Balaban J connectivity index is 1.95. The number of hydrogen-bond acceptors (Lipinski definition) is 3. The molecular formula is C7H13NO2. The third kappa shape index (κ3) is 2.37. The van der Waals surface area contributed by atoms with Crippen LogP contribution < -0.4 is 5.73 Å². The molecule has 58 valence electrons. The van der Waals surface area contributed by atoms with Gasteiger partial charge in [0, 0.05) is 0 Å². The molecule has 0 aromatic rings. The fourth-order valence-electron chi connectivity index (χ4n) is 0.777. The smallest absolute Gasteiger partial charge is 0.255 e. The van der Waals surface area contributed by atoms with Crippen molar-refractivity contribution in [2.75, 3.05) is 6.54 Å². The van der Waals surface area contributed by atoms with Crippen molar-refractivity contribution in [3.63, 3.8) is 0 Å². The van der Waals surface area contributed by atoms with Gasteiger partial charge in [-0.1, -0.05) is 0 Å². The summed E-state index contributed by atoms with van der Waals surface area (Å²) in [6, 6.07) is 0. The summed E-state index contributed by atoms with van der Waals surface area (Å²) in [4.78, 5) is 0. The van der Waals surface area contributed by atoms with Crippen LogP contribution in [0.1, 0.15) is 19.3 Å². The second-order valence-corrected chi connectivity index (χ2v) is 2.36. The van der Waals surface area contributed by atoms with Gasteiger partial charge in [0.05, 0.1) is 0 Å². The number of aliphatic hydroxyl groups excluding tert-OH is 1. The highest BCUT2D eigenvalue weighted by Crippen LogP contribution is 2.24. The van der Waals surface area contributed by atoms with E-state index in [-0.39, 0.29) is 0 Å². The highest BCUT2D eigenvalue weighted by molar-refractivity contribution is 5.07. The second kappa shape index (κ2) is 3.58. The summed E-state index contributed by atoms with van der Waals surface area (Å²) >= 11 is 0. The topological polar surface area (TPSA) is 58.8 Å². The van der Waals surface area contributed by atoms with Crippen molar-refractivity contribution in [2.24, 2.45) is 5.73 Å². The molecule has 3 nitrogen and oxygen atoms in total. The highest BCUT2D eigenvalue weighted by atomic mass is 16.7. The summed E-state index contributed by atoms with van der Waals surface area (Å²) in [6.45, 7) is 0.743. The lowest BCUT2D eigenvalue weighted by molar-refractivity contribution is 0.156. The molecule has 0 bridgehead atoms. The van der Waals surface area contributed by atoms with Crippen LogP contribution in [0.3, 0.4) is 0 Å². The molecule has 10 heavy (non-hydrogen) atoms. The minimum atomic E-state index is -0.599. The van der Waals surface area contributed by atoms with Crippen LogP contribution in [-0.2, 0) is 4.74 Å². The van der Waals surface area contributed by atoms with Crippen LogP contribution in [0.4, 0.5) is 0 Å². The van der Waals surface area contributed by atoms with Crippen molar-refractivity contribution < 1.29 is 9.84 Å². The molecular weight excluding hydrogens is 130 g/mol. The van der Waals surface area contributed by atoms with Gasteiger partial charge in [-0.05, 0) is 31.9 Å². The average molecular weight is 143 g/mol. The first kappa shape index (κ1) is 7.57. The third-order valence-corrected chi connectivity index (χ3v) is 1.44. The molecule has 3 N–H and O–H groups in total. The molecule has 0 amide bonds. The van der Waals surface area contributed by atoms with Gasteiger partial charge in [0.1, 0.15) is 0 Å². The van der Waals surface area contributed by atoms with Gasteiger partial charge >= 0.3 is 0 Å². The zero-order valence-corrected chi connectivity index (χ0v) is 5.92. The van der Waals surface area contributed by atoms with E-state index in [1.165, 1.54) is 0 Å². The Hall–Kier alpha value is -0.540. The van der Waals surface area contributed by atoms with E-state index in [0.717, 1.165) is 31.6 Å². The van der Waals surface area contributed by atoms with Crippen molar-refractivity contribution in [2.45, 2.75) is 25.6 Å². The lowest BCUT2D eigenvalue weighted by Gasteiger charge is -1.88. The maximum absolute atomic E-state index is 8.67. The van der Waals surface area contributed by atoms with Gasteiger partial charge in [-0.25, -0.2) is 0 Å². The van der Waals surface area contributed by atoms with Gasteiger partial charge in [0.2, 0.25) is 0 Å². The highest BCUT2D eigenvalue weighted by Gasteiger charge is 2.28. The zero-order valence-electron chi connectivity index (χ0n) is 5.92. The van der Waals surface area contributed by atoms with Gasteiger partial charge < -0.3 is 15.6 Å². The first-order valence-electron chi connectivity index (χ1n) is 3.59. The van der Waals surface area contributed by atoms with E-state index in [1.54, 1.807) is 0 Å². The van der Waals surface area contributed by atoms with Gasteiger partial charge in [0.15, 0.2) is 5.76 Å². The molecule has 1 atom stereocenters. The third-order valence-electron chi connectivity index (χ3n) is 1.44. The predicted molar refractivity (Wildman–Crippen MR) is 38.1 cm³/mol. The lowest BCUT2D eigenvalue weighted by atomic mass is 10.2. The quantitative estimate of drug-likeness (QED) is 0.441. The number of unbranched alkanes of at least 4 members (excludes halogenated alkanes) is 2. The van der Waals surface area contributed by atoms with Crippen LogP contribution in [-0.4, -0.2) is 17.9 Å². The molecule has 1 rings (SSSR count). The first-order valence-corrected chi connectivity index (χ1v) is 3.59. The number of rotatable bonds is 4. The standard InChI is InChI=1S/C7H13NO2/c8-5-3-1-2-4-6-7(9)10-6/h4,7,9H,1-3,5,8H2/b6-4-. The van der Waals surface area contributed by atoms with Crippen molar-refractivity contribution in [1.82, 2.24) is 0 Å². The van der Waals surface area contributed by atoms with Crippen LogP contribution in [0.2, 0.25) is 0 Å². The Morgan fingerprint density at radius 1 is 1.60 bits per heavy atom. The molecule has 0 saturated carbocycles. The summed E-state index contributed by atoms with van der Waals surface area (Å²) < 4.78 is 4.68. The van der Waals surface area contributed by atoms with Crippen LogP contribution in [0.5, 0.6) is 0 Å². The van der Waals surface area contributed by atoms with Crippen LogP contribution in [0, 0.1) is 0 Å². The van der Waals surface area contributed by atoms with Crippen LogP contribution in [0.15, 0.2) is 11.8 Å². The number of epoxide rings is 1. The summed E-state index contributed by atoms with van der Waals surface area (Å²) in [7, 11) is 0. The maximum Gasteiger partial charge on any atom is 0.255 e. The van der Waals surface area contributed by atoms with Gasteiger partial charge in [-0.15, -0.1) is 0 Å². The number of hydrogen-bond donors (Lipinski definition) is 2. The summed E-state index contributed by atoms with van der Waals surface area (Å²) in [5.41, 5.74) is 5.29. The molecule has 0 aromatic carbocycles. The normalized spacial score (nSPS) is 26.6. The summed E-state index contributed by atoms with van der Waals surface area (Å²) in [5.74, 6) is 0.719. The minimum Gasteiger partial charge on any atom is -0.455 e. The van der Waals surface area contributed by atoms with E-state index in [9.17, 15) is 0 Å². The molecule has 1 heterocycles. The van der Waals surface area contributed by atoms with E-state index in [2.05, 4.69) is 4.74 Å². The number of ether oxygens (including phenoxy) is 1. The minimum absolute atomic E-state index is 0.599. The van der Waals surface area contributed by atoms with Crippen LogP contribution >= 0.6 is 0 Å². The Bertz CT molecular complexity index is 134. The van der Waals surface area contributed by atoms with E-state index in [1.807, 2.05) is 6.08 Å². The fourth-order valence-corrected chi connectivity index (χ4v) is 0.777. The Labute approximate surface area is 60.5 Å². The van der Waals surface area contributed by atoms with Gasteiger partial charge in [-0.2, -0.15) is 0 Å². The molecule has 1 fully saturated rings. The van der Waals surface area contributed by atoms with Gasteiger partial charge in [-0.3, -0.25) is 0 Å². The lowest BCUT2D eigenvalue weighted by Crippen LogP contribution is -1.96. The SMILES string of the molecule is NCCCC/C=C1\OC1O. The Morgan fingerprint density at radius 3 is 2.80 bits per heavy atom. The molecule has 1 aliphatic rings. The van der Waals surface area contributed by atoms with E-state index in [4.69, 9.17) is 10.8 Å². The van der Waals surface area contributed by atoms with Crippen molar-refractivity contribution >= 4 is 0 Å². The van der Waals surface area contributed by atoms with E-state index >= 15 is 0 Å². The fraction of sp³-hybridized carbons (Fsp3) is 0.714. The van der Waals surface area contributed by atoms with E-state index in [0.29, 0.717) is 0 Å². The first-order chi connectivity index (χ1) is 4.84. The molecule has 1 aliphatic heterocycles. The Morgan fingerprint density at radius 2 is 2.30 bits per heavy atom. The maximum atomic E-state index is 8.67. The molecule has 1 saturated heterocycles. The van der Waals surface area contributed by atoms with Crippen molar-refractivity contribution in [3.05, 3.63) is 11.8 Å². The van der Waals surface area contributed by atoms with Gasteiger partial charge in [0.25, 0.3) is 6.29 Å². The largest absolute Gasteiger partial charge is 0.455 e. The number of aliphatic hydroxyl groups is 1. The van der Waals surface area contributed by atoms with Crippen molar-refractivity contribution in [3.8, 4) is 0 Å². The Kier molecular flexibility index (Phi) is 2.71. The molecule has 0 spiro atoms. The average Bonchev–Trinajstić information content (AvgIpc) is 2.60. The molecule has 0 aliphatic carbocycles. The summed E-state index contributed by atoms with van der Waals surface area (Å²) in [5, 5.41) is 8.67. The molecule has 0 aromatic heterocycles. The zero-order chi connectivity index (χ0) is 7.40. The van der Waals surface area contributed by atoms with E-state index < -0.39 is 6.29 Å². The second-order valence-electron chi connectivity index (χ2n) is 2.36. The molecule has 0 radical (unpaired) electrons. The molecule has 1 unspecified atom stereocenters. The monoisotopic (exact) mass is 143 g/mol.